The number of rotatable bonds is 7. The molecule has 0 saturated carbocycles. The van der Waals surface area contributed by atoms with Crippen LogP contribution in [0.4, 0.5) is 4.39 Å². The number of halogens is 1. The Morgan fingerprint density at radius 2 is 1.70 bits per heavy atom. The molecule has 3 heterocycles. The first-order valence-electron chi connectivity index (χ1n) is 10.1. The van der Waals surface area contributed by atoms with Gasteiger partial charge in [0.25, 0.3) is 11.1 Å². The van der Waals surface area contributed by atoms with Gasteiger partial charge in [-0.05, 0) is 43.3 Å². The molecule has 3 aromatic heterocycles. The van der Waals surface area contributed by atoms with Gasteiger partial charge >= 0.3 is 0 Å². The van der Waals surface area contributed by atoms with Gasteiger partial charge in [-0.1, -0.05) is 0 Å². The molecule has 168 valence electrons. The Bertz CT molecular complexity index is 1410. The summed E-state index contributed by atoms with van der Waals surface area (Å²) in [6, 6.07) is 11.5. The zero-order chi connectivity index (χ0) is 23.4. The lowest BCUT2D eigenvalue weighted by Crippen LogP contribution is -2.36. The molecule has 0 radical (unpaired) electrons. The predicted molar refractivity (Wildman–Crippen MR) is 117 cm³/mol. The third kappa shape index (κ3) is 5.09. The van der Waals surface area contributed by atoms with Crippen LogP contribution in [0.5, 0.6) is 0 Å². The van der Waals surface area contributed by atoms with Gasteiger partial charge in [-0.2, -0.15) is 10.2 Å². The van der Waals surface area contributed by atoms with Crippen LogP contribution in [-0.2, 0) is 17.9 Å². The Morgan fingerprint density at radius 1 is 0.970 bits per heavy atom. The highest BCUT2D eigenvalue weighted by Gasteiger charge is 2.09. The van der Waals surface area contributed by atoms with E-state index >= 15 is 0 Å². The van der Waals surface area contributed by atoms with Gasteiger partial charge in [-0.3, -0.25) is 19.0 Å². The van der Waals surface area contributed by atoms with Crippen LogP contribution in [0.1, 0.15) is 5.82 Å². The van der Waals surface area contributed by atoms with Gasteiger partial charge in [0, 0.05) is 36.6 Å². The van der Waals surface area contributed by atoms with Gasteiger partial charge in [-0.25, -0.2) is 18.7 Å². The number of carbonyl (C=O) groups is 1. The maximum absolute atomic E-state index is 13.1. The first-order valence-corrected chi connectivity index (χ1v) is 10.1. The van der Waals surface area contributed by atoms with E-state index in [2.05, 4.69) is 20.5 Å². The average Bonchev–Trinajstić information content (AvgIpc) is 3.23. The maximum Gasteiger partial charge on any atom is 0.267 e. The average molecular weight is 449 g/mol. The van der Waals surface area contributed by atoms with E-state index in [0.717, 1.165) is 10.5 Å². The molecule has 10 nitrogen and oxygen atoms in total. The molecule has 0 unspecified atom stereocenters. The number of imidazole rings is 1. The molecule has 4 rings (SSSR count). The van der Waals surface area contributed by atoms with E-state index in [4.69, 9.17) is 0 Å². The minimum Gasteiger partial charge on any atom is -0.353 e. The summed E-state index contributed by atoms with van der Waals surface area (Å²) in [5, 5.41) is 11.1. The van der Waals surface area contributed by atoms with Crippen molar-refractivity contribution >= 4 is 5.91 Å². The van der Waals surface area contributed by atoms with Crippen LogP contribution in [0, 0.1) is 12.7 Å². The molecular weight excluding hydrogens is 429 g/mol. The fraction of sp³-hybridized carbons (Fsp3) is 0.182. The zero-order valence-electron chi connectivity index (χ0n) is 17.7. The molecule has 0 spiro atoms. The lowest BCUT2D eigenvalue weighted by atomic mass is 10.1. The highest BCUT2D eigenvalue weighted by molar-refractivity contribution is 5.75. The second-order valence-corrected chi connectivity index (χ2v) is 7.17. The SMILES string of the molecule is Cc1nccn1-c1ccc(=O)n(CCNC(=O)Cn2nc(-c3ccc(F)cc3)ccc2=O)n1. The molecule has 0 aliphatic rings. The van der Waals surface area contributed by atoms with Crippen LogP contribution in [0.2, 0.25) is 0 Å². The summed E-state index contributed by atoms with van der Waals surface area (Å²) < 4.78 is 17.1. The number of nitrogens with zero attached hydrogens (tertiary/aromatic N) is 6. The Kier molecular flexibility index (Phi) is 6.20. The van der Waals surface area contributed by atoms with E-state index in [9.17, 15) is 18.8 Å². The molecule has 0 atom stereocenters. The minimum absolute atomic E-state index is 0.129. The molecule has 0 aliphatic carbocycles. The predicted octanol–water partition coefficient (Wildman–Crippen LogP) is 0.917. The van der Waals surface area contributed by atoms with Crippen molar-refractivity contribution < 1.29 is 9.18 Å². The fourth-order valence-electron chi connectivity index (χ4n) is 3.18. The van der Waals surface area contributed by atoms with Crippen molar-refractivity contribution in [3.63, 3.8) is 0 Å². The van der Waals surface area contributed by atoms with Crippen molar-refractivity contribution in [1.29, 1.82) is 0 Å². The van der Waals surface area contributed by atoms with Crippen molar-refractivity contribution in [2.45, 2.75) is 20.0 Å². The third-order valence-electron chi connectivity index (χ3n) is 4.87. The molecule has 0 saturated heterocycles. The number of benzene rings is 1. The monoisotopic (exact) mass is 449 g/mol. The summed E-state index contributed by atoms with van der Waals surface area (Å²) >= 11 is 0. The van der Waals surface area contributed by atoms with E-state index in [-0.39, 0.29) is 31.0 Å². The van der Waals surface area contributed by atoms with Gasteiger partial charge in [-0.15, -0.1) is 0 Å². The van der Waals surface area contributed by atoms with Gasteiger partial charge in [0.05, 0.1) is 12.2 Å². The molecular formula is C22H20FN7O3. The summed E-state index contributed by atoms with van der Waals surface area (Å²) in [5.74, 6) is 0.423. The van der Waals surface area contributed by atoms with Crippen molar-refractivity contribution in [3.8, 4) is 17.1 Å². The Labute approximate surface area is 187 Å². The number of carbonyl (C=O) groups excluding carboxylic acids is 1. The zero-order valence-corrected chi connectivity index (χ0v) is 17.7. The highest BCUT2D eigenvalue weighted by Crippen LogP contribution is 2.15. The first-order chi connectivity index (χ1) is 15.9. The molecule has 1 N–H and O–H groups in total. The maximum atomic E-state index is 13.1. The Hall–Kier alpha value is -4.41. The number of hydrogen-bond donors (Lipinski definition) is 1. The summed E-state index contributed by atoms with van der Waals surface area (Å²) in [4.78, 5) is 40.7. The van der Waals surface area contributed by atoms with E-state index in [1.165, 1.54) is 47.1 Å². The largest absolute Gasteiger partial charge is 0.353 e. The van der Waals surface area contributed by atoms with Crippen LogP contribution < -0.4 is 16.4 Å². The molecule has 1 aromatic carbocycles. The standard InChI is InChI=1S/C22H20FN7O3/c1-15-24-10-12-28(15)19-7-9-21(32)29(27-19)13-11-25-20(31)14-30-22(33)8-6-18(26-30)16-2-4-17(23)5-3-16/h2-10,12H,11,13-14H2,1H3,(H,25,31). The van der Waals surface area contributed by atoms with Crippen molar-refractivity contribution in [2.75, 3.05) is 6.54 Å². The smallest absolute Gasteiger partial charge is 0.267 e. The normalized spacial score (nSPS) is 10.8. The van der Waals surface area contributed by atoms with Crippen molar-refractivity contribution in [1.82, 2.24) is 34.4 Å². The van der Waals surface area contributed by atoms with Crippen LogP contribution in [0.3, 0.4) is 0 Å². The molecule has 0 fully saturated rings. The van der Waals surface area contributed by atoms with Gasteiger partial charge < -0.3 is 5.32 Å². The summed E-state index contributed by atoms with van der Waals surface area (Å²) in [7, 11) is 0. The quantitative estimate of drug-likeness (QED) is 0.448. The van der Waals surface area contributed by atoms with Gasteiger partial charge in [0.2, 0.25) is 5.91 Å². The lowest BCUT2D eigenvalue weighted by molar-refractivity contribution is -0.121. The van der Waals surface area contributed by atoms with E-state index < -0.39 is 11.5 Å². The molecule has 0 aliphatic heterocycles. The summed E-state index contributed by atoms with van der Waals surface area (Å²) in [6.45, 7) is 1.79. The number of nitrogens with one attached hydrogen (secondary N) is 1. The van der Waals surface area contributed by atoms with Gasteiger partial charge in [0.1, 0.15) is 18.2 Å². The Balaban J connectivity index is 1.40. The topological polar surface area (TPSA) is 117 Å². The summed E-state index contributed by atoms with van der Waals surface area (Å²) in [6.07, 6.45) is 3.37. The fourth-order valence-corrected chi connectivity index (χ4v) is 3.18. The van der Waals surface area contributed by atoms with Crippen LogP contribution >= 0.6 is 0 Å². The summed E-state index contributed by atoms with van der Waals surface area (Å²) in [5.41, 5.74) is 0.293. The van der Waals surface area contributed by atoms with Crippen LogP contribution in [-0.4, -0.2) is 41.6 Å². The molecule has 11 heteroatoms. The first kappa shape index (κ1) is 21.8. The van der Waals surface area contributed by atoms with E-state index in [1.54, 1.807) is 23.0 Å². The van der Waals surface area contributed by atoms with Crippen molar-refractivity contribution in [2.24, 2.45) is 0 Å². The van der Waals surface area contributed by atoms with Crippen molar-refractivity contribution in [3.05, 3.63) is 93.3 Å². The molecule has 1 amide bonds. The number of aromatic nitrogens is 6. The Morgan fingerprint density at radius 3 is 2.42 bits per heavy atom. The van der Waals surface area contributed by atoms with Gasteiger partial charge in [0.15, 0.2) is 5.82 Å². The highest BCUT2D eigenvalue weighted by atomic mass is 19.1. The lowest BCUT2D eigenvalue weighted by Gasteiger charge is -2.10. The second-order valence-electron chi connectivity index (χ2n) is 7.17. The molecule has 33 heavy (non-hydrogen) atoms. The molecule has 4 aromatic rings. The number of hydrogen-bond acceptors (Lipinski definition) is 6. The van der Waals surface area contributed by atoms with E-state index in [0.29, 0.717) is 17.1 Å². The minimum atomic E-state index is -0.449. The third-order valence-corrected chi connectivity index (χ3v) is 4.87. The second kappa shape index (κ2) is 9.39. The van der Waals surface area contributed by atoms with Crippen LogP contribution in [0.15, 0.2) is 70.5 Å². The number of aryl methyl sites for hydroxylation is 1. The van der Waals surface area contributed by atoms with Crippen LogP contribution in [0.25, 0.3) is 17.1 Å². The van der Waals surface area contributed by atoms with E-state index in [1.807, 2.05) is 6.92 Å². The molecule has 0 bridgehead atoms. The number of amides is 1.